The summed E-state index contributed by atoms with van der Waals surface area (Å²) < 4.78 is 16.5. The molecule has 0 saturated heterocycles. The maximum Gasteiger partial charge on any atom is 0.204 e. The molecule has 0 aliphatic heterocycles. The SMILES string of the molecule is COc1c(O)cc(C)c2c1oc1ccc(CO)c(OC)c12. The number of hydrogen-bond acceptors (Lipinski definition) is 5. The van der Waals surface area contributed by atoms with Gasteiger partial charge in [-0.15, -0.1) is 0 Å². The number of hydrogen-bond donors (Lipinski definition) is 2. The number of rotatable bonds is 3. The first-order valence-corrected chi connectivity index (χ1v) is 6.51. The maximum atomic E-state index is 9.99. The zero-order valence-electron chi connectivity index (χ0n) is 12.1. The molecule has 1 aromatic heterocycles. The Kier molecular flexibility index (Phi) is 3.14. The summed E-state index contributed by atoms with van der Waals surface area (Å²) in [5.41, 5.74) is 2.61. The highest BCUT2D eigenvalue weighted by Crippen LogP contribution is 2.45. The monoisotopic (exact) mass is 288 g/mol. The molecule has 0 unspecified atom stereocenters. The van der Waals surface area contributed by atoms with Crippen LogP contribution in [0.4, 0.5) is 0 Å². The summed E-state index contributed by atoms with van der Waals surface area (Å²) in [7, 11) is 3.03. The number of ether oxygens (including phenoxy) is 2. The molecule has 1 heterocycles. The van der Waals surface area contributed by atoms with Gasteiger partial charge in [0.1, 0.15) is 11.3 Å². The van der Waals surface area contributed by atoms with Gasteiger partial charge in [-0.1, -0.05) is 0 Å². The Hall–Kier alpha value is -2.40. The number of fused-ring (bicyclic) bond motifs is 3. The lowest BCUT2D eigenvalue weighted by molar-refractivity contribution is 0.274. The van der Waals surface area contributed by atoms with E-state index in [1.807, 2.05) is 6.92 Å². The van der Waals surface area contributed by atoms with Crippen LogP contribution < -0.4 is 9.47 Å². The predicted molar refractivity (Wildman–Crippen MR) is 79.1 cm³/mol. The van der Waals surface area contributed by atoms with Crippen LogP contribution in [-0.2, 0) is 6.61 Å². The Morgan fingerprint density at radius 1 is 1.10 bits per heavy atom. The summed E-state index contributed by atoms with van der Waals surface area (Å²) in [5.74, 6) is 0.895. The van der Waals surface area contributed by atoms with Crippen molar-refractivity contribution in [3.8, 4) is 17.2 Å². The molecule has 0 spiro atoms. The number of benzene rings is 2. The van der Waals surface area contributed by atoms with Crippen LogP contribution >= 0.6 is 0 Å². The Balaban J connectivity index is 2.56. The van der Waals surface area contributed by atoms with Gasteiger partial charge in [0, 0.05) is 10.9 Å². The zero-order chi connectivity index (χ0) is 15.1. The standard InChI is InChI=1S/C16H16O5/c1-8-6-10(18)15(20-3)16-12(8)13-11(21-16)5-4-9(7-17)14(13)19-2/h4-6,17-18H,7H2,1-3H3. The molecule has 0 bridgehead atoms. The minimum Gasteiger partial charge on any atom is -0.504 e. The van der Waals surface area contributed by atoms with E-state index >= 15 is 0 Å². The first-order chi connectivity index (χ1) is 10.1. The number of aliphatic hydroxyl groups excluding tert-OH is 1. The van der Waals surface area contributed by atoms with Crippen molar-refractivity contribution in [1.29, 1.82) is 0 Å². The first-order valence-electron chi connectivity index (χ1n) is 6.51. The molecule has 0 fully saturated rings. The van der Waals surface area contributed by atoms with Gasteiger partial charge in [0.25, 0.3) is 0 Å². The van der Waals surface area contributed by atoms with E-state index in [0.29, 0.717) is 28.2 Å². The number of furan rings is 1. The van der Waals surface area contributed by atoms with E-state index in [9.17, 15) is 10.2 Å². The van der Waals surface area contributed by atoms with Gasteiger partial charge < -0.3 is 24.1 Å². The average molecular weight is 288 g/mol. The zero-order valence-corrected chi connectivity index (χ0v) is 12.1. The number of aromatic hydroxyl groups is 1. The molecule has 5 heteroatoms. The second-order valence-electron chi connectivity index (χ2n) is 4.84. The third-order valence-corrected chi connectivity index (χ3v) is 3.66. The summed E-state index contributed by atoms with van der Waals surface area (Å²) in [6.45, 7) is 1.75. The van der Waals surface area contributed by atoms with Gasteiger partial charge in [0.2, 0.25) is 5.75 Å². The topological polar surface area (TPSA) is 72.1 Å². The lowest BCUT2D eigenvalue weighted by Gasteiger charge is -2.08. The molecule has 2 aromatic carbocycles. The molecule has 21 heavy (non-hydrogen) atoms. The van der Waals surface area contributed by atoms with Crippen molar-refractivity contribution in [2.24, 2.45) is 0 Å². The van der Waals surface area contributed by atoms with E-state index in [1.54, 1.807) is 25.3 Å². The van der Waals surface area contributed by atoms with Crippen molar-refractivity contribution in [2.75, 3.05) is 14.2 Å². The van der Waals surface area contributed by atoms with E-state index in [0.717, 1.165) is 16.3 Å². The van der Waals surface area contributed by atoms with Gasteiger partial charge in [-0.25, -0.2) is 0 Å². The number of phenolic OH excluding ortho intramolecular Hbond substituents is 1. The fraction of sp³-hybridized carbons (Fsp3) is 0.250. The average Bonchev–Trinajstić information content (AvgIpc) is 2.85. The molecular formula is C16H16O5. The number of aliphatic hydroxyl groups is 1. The Bertz CT molecular complexity index is 832. The minimum absolute atomic E-state index is 0.0305. The fourth-order valence-corrected chi connectivity index (χ4v) is 2.75. The maximum absolute atomic E-state index is 9.99. The van der Waals surface area contributed by atoms with Gasteiger partial charge in [-0.05, 0) is 30.7 Å². The molecule has 110 valence electrons. The summed E-state index contributed by atoms with van der Waals surface area (Å²) >= 11 is 0. The van der Waals surface area contributed by atoms with E-state index < -0.39 is 0 Å². The minimum atomic E-state index is -0.125. The van der Waals surface area contributed by atoms with Crippen LogP contribution in [0.3, 0.4) is 0 Å². The summed E-state index contributed by atoms with van der Waals surface area (Å²) in [5, 5.41) is 21.0. The van der Waals surface area contributed by atoms with Crippen LogP contribution in [0, 0.1) is 6.92 Å². The lowest BCUT2D eigenvalue weighted by Crippen LogP contribution is -1.92. The Morgan fingerprint density at radius 2 is 1.81 bits per heavy atom. The number of phenols is 1. The van der Waals surface area contributed by atoms with Crippen LogP contribution in [0.5, 0.6) is 17.2 Å². The van der Waals surface area contributed by atoms with Gasteiger partial charge in [-0.2, -0.15) is 0 Å². The molecule has 3 aromatic rings. The van der Waals surface area contributed by atoms with Gasteiger partial charge in [0.05, 0.1) is 26.2 Å². The molecule has 0 saturated carbocycles. The Labute approximate surface area is 121 Å². The highest BCUT2D eigenvalue weighted by atomic mass is 16.5. The second-order valence-corrected chi connectivity index (χ2v) is 4.84. The van der Waals surface area contributed by atoms with Crippen molar-refractivity contribution < 1.29 is 24.1 Å². The third-order valence-electron chi connectivity index (χ3n) is 3.66. The van der Waals surface area contributed by atoms with Crippen LogP contribution in [0.25, 0.3) is 21.9 Å². The molecule has 5 nitrogen and oxygen atoms in total. The van der Waals surface area contributed by atoms with Gasteiger partial charge >= 0.3 is 0 Å². The number of methoxy groups -OCH3 is 2. The van der Waals surface area contributed by atoms with E-state index in [-0.39, 0.29) is 12.4 Å². The molecule has 0 amide bonds. The summed E-state index contributed by atoms with van der Waals surface area (Å²) in [4.78, 5) is 0. The predicted octanol–water partition coefficient (Wildman–Crippen LogP) is 3.11. The smallest absolute Gasteiger partial charge is 0.204 e. The van der Waals surface area contributed by atoms with Crippen molar-refractivity contribution in [3.63, 3.8) is 0 Å². The highest BCUT2D eigenvalue weighted by Gasteiger charge is 2.21. The van der Waals surface area contributed by atoms with E-state index in [4.69, 9.17) is 13.9 Å². The summed E-state index contributed by atoms with van der Waals surface area (Å²) in [6, 6.07) is 5.16. The Morgan fingerprint density at radius 3 is 2.43 bits per heavy atom. The highest BCUT2D eigenvalue weighted by molar-refractivity contribution is 6.12. The third kappa shape index (κ3) is 1.81. The summed E-state index contributed by atoms with van der Waals surface area (Å²) in [6.07, 6.45) is 0. The van der Waals surface area contributed by atoms with Crippen molar-refractivity contribution in [3.05, 3.63) is 29.3 Å². The van der Waals surface area contributed by atoms with Crippen molar-refractivity contribution in [2.45, 2.75) is 13.5 Å². The van der Waals surface area contributed by atoms with Crippen LogP contribution in [0.2, 0.25) is 0 Å². The number of aryl methyl sites for hydroxylation is 1. The molecule has 2 N–H and O–H groups in total. The molecule has 0 radical (unpaired) electrons. The molecular weight excluding hydrogens is 272 g/mol. The normalized spacial score (nSPS) is 11.2. The molecule has 0 aliphatic carbocycles. The molecule has 3 rings (SSSR count). The first kappa shape index (κ1) is 13.6. The van der Waals surface area contributed by atoms with Gasteiger partial charge in [0.15, 0.2) is 11.3 Å². The second kappa shape index (κ2) is 4.86. The van der Waals surface area contributed by atoms with Crippen molar-refractivity contribution >= 4 is 21.9 Å². The fourth-order valence-electron chi connectivity index (χ4n) is 2.75. The quantitative estimate of drug-likeness (QED) is 0.774. The van der Waals surface area contributed by atoms with E-state index in [1.165, 1.54) is 7.11 Å². The molecule has 0 aliphatic rings. The van der Waals surface area contributed by atoms with Gasteiger partial charge in [-0.3, -0.25) is 0 Å². The van der Waals surface area contributed by atoms with Crippen LogP contribution in [-0.4, -0.2) is 24.4 Å². The van der Waals surface area contributed by atoms with Crippen molar-refractivity contribution in [1.82, 2.24) is 0 Å². The lowest BCUT2D eigenvalue weighted by atomic mass is 10.0. The molecule has 0 atom stereocenters. The largest absolute Gasteiger partial charge is 0.504 e. The van der Waals surface area contributed by atoms with E-state index in [2.05, 4.69) is 0 Å². The van der Waals surface area contributed by atoms with Crippen LogP contribution in [0.15, 0.2) is 22.6 Å². The van der Waals surface area contributed by atoms with Crippen LogP contribution in [0.1, 0.15) is 11.1 Å².